The Morgan fingerprint density at radius 1 is 0.938 bits per heavy atom. The van der Waals surface area contributed by atoms with Gasteiger partial charge in [0.1, 0.15) is 17.5 Å². The van der Waals surface area contributed by atoms with Crippen LogP contribution in [-0.4, -0.2) is 28.8 Å². The minimum atomic E-state index is -4.27. The van der Waals surface area contributed by atoms with Crippen LogP contribution >= 0.6 is 0 Å². The number of anilines is 1. The van der Waals surface area contributed by atoms with Gasteiger partial charge < -0.3 is 10.2 Å². The molecule has 170 valence electrons. The molecule has 1 N–H and O–H groups in total. The van der Waals surface area contributed by atoms with E-state index < -0.39 is 46.3 Å². The van der Waals surface area contributed by atoms with Crippen molar-refractivity contribution in [3.05, 3.63) is 64.5 Å². The number of nitrogens with one attached hydrogen (secondary N) is 1. The minimum Gasteiger partial charge on any atom is -0.331 e. The summed E-state index contributed by atoms with van der Waals surface area (Å²) in [7, 11) is 0. The number of halogens is 5. The first kappa shape index (κ1) is 22.2. The molecule has 0 aliphatic carbocycles. The van der Waals surface area contributed by atoms with E-state index >= 15 is 8.78 Å². The van der Waals surface area contributed by atoms with Gasteiger partial charge in [-0.15, -0.1) is 0 Å². The Hall–Kier alpha value is -2.97. The summed E-state index contributed by atoms with van der Waals surface area (Å²) in [5.41, 5.74) is -1.89. The lowest BCUT2D eigenvalue weighted by Crippen LogP contribution is -2.50. The predicted molar refractivity (Wildman–Crippen MR) is 107 cm³/mol. The minimum absolute atomic E-state index is 0.104. The van der Waals surface area contributed by atoms with E-state index in [0.717, 1.165) is 17.4 Å². The van der Waals surface area contributed by atoms with Crippen LogP contribution in [-0.2, 0) is 10.7 Å². The van der Waals surface area contributed by atoms with Crippen molar-refractivity contribution in [2.24, 2.45) is 0 Å². The van der Waals surface area contributed by atoms with Crippen LogP contribution in [0.4, 0.5) is 27.6 Å². The van der Waals surface area contributed by atoms with Crippen molar-refractivity contribution in [1.29, 1.82) is 0 Å². The number of carbonyl (C=O) groups excluding carboxylic acids is 2. The topological polar surface area (TPSA) is 49.4 Å². The summed E-state index contributed by atoms with van der Waals surface area (Å²) in [6, 6.07) is 3.48. The molecule has 9 heteroatoms. The van der Waals surface area contributed by atoms with Crippen LogP contribution < -0.4 is 5.32 Å². The van der Waals surface area contributed by atoms with Crippen molar-refractivity contribution in [2.45, 2.75) is 57.0 Å². The molecule has 4 rings (SSSR count). The molecular weight excluding hydrogens is 431 g/mol. The average Bonchev–Trinajstić information content (AvgIpc) is 2.97. The molecule has 0 radical (unpaired) electrons. The number of piperidine rings is 1. The lowest BCUT2D eigenvalue weighted by Gasteiger charge is -2.37. The molecule has 2 bridgehead atoms. The van der Waals surface area contributed by atoms with Gasteiger partial charge >= 0.3 is 5.92 Å². The number of nitrogens with zero attached hydrogens (tertiary/aromatic N) is 1. The molecule has 2 amide bonds. The van der Waals surface area contributed by atoms with Crippen molar-refractivity contribution >= 4 is 17.5 Å². The second kappa shape index (κ2) is 8.18. The summed E-state index contributed by atoms with van der Waals surface area (Å²) < 4.78 is 72.4. The zero-order valence-electron chi connectivity index (χ0n) is 17.2. The molecule has 2 aromatic carbocycles. The fourth-order valence-corrected chi connectivity index (χ4v) is 4.61. The molecule has 2 unspecified atom stereocenters. The molecule has 0 aromatic heterocycles. The summed E-state index contributed by atoms with van der Waals surface area (Å²) in [6.45, 7) is 1.45. The monoisotopic (exact) mass is 452 g/mol. The van der Waals surface area contributed by atoms with Crippen molar-refractivity contribution in [1.82, 2.24) is 4.90 Å². The molecule has 2 atom stereocenters. The first-order valence-electron chi connectivity index (χ1n) is 10.4. The number of aryl methyl sites for hydroxylation is 1. The molecule has 4 nitrogen and oxygen atoms in total. The maximum Gasteiger partial charge on any atom is 0.352 e. The van der Waals surface area contributed by atoms with Gasteiger partial charge in [-0.1, -0.05) is 0 Å². The number of amides is 2. The average molecular weight is 452 g/mol. The third-order valence-electron chi connectivity index (χ3n) is 6.25. The van der Waals surface area contributed by atoms with Crippen LogP contribution in [0.25, 0.3) is 0 Å². The quantitative estimate of drug-likeness (QED) is 0.640. The Bertz CT molecular complexity index is 1070. The third-order valence-corrected chi connectivity index (χ3v) is 6.25. The highest BCUT2D eigenvalue weighted by atomic mass is 19.3. The van der Waals surface area contributed by atoms with E-state index in [-0.39, 0.29) is 29.4 Å². The number of alkyl halides is 2. The van der Waals surface area contributed by atoms with Crippen molar-refractivity contribution in [3.8, 4) is 0 Å². The molecule has 0 spiro atoms. The molecule has 2 aliphatic rings. The van der Waals surface area contributed by atoms with Gasteiger partial charge in [0, 0.05) is 23.8 Å². The SMILES string of the molecule is Cc1cc(NC(=O)c2cc(C(F)(F)C(=O)N3C4CCCC3CC4)c(F)cc2F)ccc1F. The number of carbonyl (C=O) groups is 2. The molecule has 32 heavy (non-hydrogen) atoms. The van der Waals surface area contributed by atoms with E-state index in [1.165, 1.54) is 19.1 Å². The lowest BCUT2D eigenvalue weighted by atomic mass is 9.98. The molecule has 2 fully saturated rings. The Kier molecular flexibility index (Phi) is 5.68. The Morgan fingerprint density at radius 2 is 1.59 bits per heavy atom. The Morgan fingerprint density at radius 3 is 2.22 bits per heavy atom. The van der Waals surface area contributed by atoms with Gasteiger partial charge in [-0.25, -0.2) is 13.2 Å². The molecular formula is C23H21F5N2O2. The summed E-state index contributed by atoms with van der Waals surface area (Å²) in [4.78, 5) is 26.4. The van der Waals surface area contributed by atoms with Crippen molar-refractivity contribution < 1.29 is 31.5 Å². The van der Waals surface area contributed by atoms with Crippen LogP contribution in [0.5, 0.6) is 0 Å². The van der Waals surface area contributed by atoms with Crippen LogP contribution in [0.1, 0.15) is 53.6 Å². The van der Waals surface area contributed by atoms with Gasteiger partial charge in [-0.3, -0.25) is 9.59 Å². The Labute approximate surface area is 181 Å². The lowest BCUT2D eigenvalue weighted by molar-refractivity contribution is -0.164. The maximum atomic E-state index is 15.1. The second-order valence-corrected chi connectivity index (χ2v) is 8.33. The summed E-state index contributed by atoms with van der Waals surface area (Å²) >= 11 is 0. The summed E-state index contributed by atoms with van der Waals surface area (Å²) in [5.74, 6) is -10.4. The van der Waals surface area contributed by atoms with Crippen LogP contribution in [0.3, 0.4) is 0 Å². The molecule has 2 saturated heterocycles. The van der Waals surface area contributed by atoms with E-state index in [9.17, 15) is 22.8 Å². The standard InChI is InChI=1S/C23H21F5N2O2/c1-12-9-13(5-8-18(12)24)29-21(31)16-10-17(20(26)11-19(16)25)23(27,28)22(32)30-14-3-2-4-15(30)7-6-14/h5,8-11,14-15H,2-4,6-7H2,1H3,(H,29,31). The van der Waals surface area contributed by atoms with Crippen LogP contribution in [0.15, 0.2) is 30.3 Å². The highest BCUT2D eigenvalue weighted by Crippen LogP contribution is 2.41. The molecule has 2 heterocycles. The largest absolute Gasteiger partial charge is 0.352 e. The van der Waals surface area contributed by atoms with Crippen molar-refractivity contribution in [3.63, 3.8) is 0 Å². The fraction of sp³-hybridized carbons (Fsp3) is 0.391. The number of hydrogen-bond donors (Lipinski definition) is 1. The van der Waals surface area contributed by atoms with Gasteiger partial charge in [0.05, 0.1) is 11.1 Å². The third kappa shape index (κ3) is 3.84. The van der Waals surface area contributed by atoms with E-state index in [1.54, 1.807) is 0 Å². The Balaban J connectivity index is 1.64. The predicted octanol–water partition coefficient (Wildman–Crippen LogP) is 5.30. The van der Waals surface area contributed by atoms with Crippen LogP contribution in [0, 0.1) is 24.4 Å². The van der Waals surface area contributed by atoms with Gasteiger partial charge in [-0.2, -0.15) is 8.78 Å². The summed E-state index contributed by atoms with van der Waals surface area (Å²) in [6.07, 6.45) is 3.28. The first-order valence-corrected chi connectivity index (χ1v) is 10.4. The van der Waals surface area contributed by atoms with E-state index in [4.69, 9.17) is 0 Å². The zero-order valence-corrected chi connectivity index (χ0v) is 17.2. The van der Waals surface area contributed by atoms with Crippen molar-refractivity contribution in [2.75, 3.05) is 5.32 Å². The number of hydrogen-bond acceptors (Lipinski definition) is 2. The van der Waals surface area contributed by atoms with E-state index in [0.29, 0.717) is 31.7 Å². The maximum absolute atomic E-state index is 15.1. The second-order valence-electron chi connectivity index (χ2n) is 8.33. The zero-order chi connectivity index (χ0) is 23.2. The highest BCUT2D eigenvalue weighted by Gasteiger charge is 2.52. The van der Waals surface area contributed by atoms with E-state index in [2.05, 4.69) is 5.32 Å². The summed E-state index contributed by atoms with van der Waals surface area (Å²) in [5, 5.41) is 2.27. The van der Waals surface area contributed by atoms with Gasteiger partial charge in [0.25, 0.3) is 11.8 Å². The molecule has 0 saturated carbocycles. The van der Waals surface area contributed by atoms with Gasteiger partial charge in [-0.05, 0) is 68.9 Å². The van der Waals surface area contributed by atoms with Gasteiger partial charge in [0.2, 0.25) is 0 Å². The molecule has 2 aliphatic heterocycles. The molecule has 2 aromatic rings. The number of fused-ring (bicyclic) bond motifs is 2. The normalized spacial score (nSPS) is 20.4. The van der Waals surface area contributed by atoms with Gasteiger partial charge in [0.15, 0.2) is 0 Å². The van der Waals surface area contributed by atoms with E-state index in [1.807, 2.05) is 0 Å². The smallest absolute Gasteiger partial charge is 0.331 e. The van der Waals surface area contributed by atoms with Crippen LogP contribution in [0.2, 0.25) is 0 Å². The first-order chi connectivity index (χ1) is 15.1. The number of benzene rings is 2. The highest BCUT2D eigenvalue weighted by molar-refractivity contribution is 6.04. The fourth-order valence-electron chi connectivity index (χ4n) is 4.61. The number of rotatable bonds is 4.